The van der Waals surface area contributed by atoms with Crippen molar-refractivity contribution in [1.82, 2.24) is 16.2 Å². The van der Waals surface area contributed by atoms with Crippen molar-refractivity contribution in [3.63, 3.8) is 0 Å². The van der Waals surface area contributed by atoms with E-state index in [-0.39, 0.29) is 6.29 Å². The van der Waals surface area contributed by atoms with Gasteiger partial charge in [-0.05, 0) is 0 Å². The molecule has 0 radical (unpaired) electrons. The van der Waals surface area contributed by atoms with Crippen LogP contribution < -0.4 is 16.2 Å². The maximum Gasteiger partial charge on any atom is 0.472 e. The highest BCUT2D eigenvalue weighted by Crippen LogP contribution is 2.13. The van der Waals surface area contributed by atoms with E-state index in [1.165, 1.54) is 5.43 Å². The first-order valence-corrected chi connectivity index (χ1v) is 3.82. The highest BCUT2D eigenvalue weighted by Gasteiger charge is 2.38. The van der Waals surface area contributed by atoms with Crippen LogP contribution in [0.3, 0.4) is 0 Å². The zero-order valence-electron chi connectivity index (χ0n) is 7.67. The standard InChI is InChI=1S/C6H8F3N3O4/c7-6(8,9)4(14)12-10-1-3(2-13)11-5(15)16/h2-3,10-11H,1H2,(H,12,14)(H,15,16). The topological polar surface area (TPSA) is 108 Å². The lowest BCUT2D eigenvalue weighted by Crippen LogP contribution is -2.51. The van der Waals surface area contributed by atoms with Gasteiger partial charge in [-0.2, -0.15) is 13.2 Å². The van der Waals surface area contributed by atoms with Gasteiger partial charge in [-0.1, -0.05) is 0 Å². The lowest BCUT2D eigenvalue weighted by molar-refractivity contribution is -0.174. The number of hydrazine groups is 1. The largest absolute Gasteiger partial charge is 0.472 e. The van der Waals surface area contributed by atoms with Crippen molar-refractivity contribution in [3.8, 4) is 0 Å². The van der Waals surface area contributed by atoms with E-state index in [1.807, 2.05) is 0 Å². The molecule has 0 aromatic rings. The molecule has 0 heterocycles. The molecule has 0 saturated heterocycles. The summed E-state index contributed by atoms with van der Waals surface area (Å²) in [5, 5.41) is 9.88. The number of carbonyl (C=O) groups is 3. The fourth-order valence-electron chi connectivity index (χ4n) is 0.604. The molecule has 4 N–H and O–H groups in total. The summed E-state index contributed by atoms with van der Waals surface area (Å²) in [5.41, 5.74) is 3.03. The Morgan fingerprint density at radius 3 is 2.31 bits per heavy atom. The van der Waals surface area contributed by atoms with Crippen LogP contribution >= 0.6 is 0 Å². The number of halogens is 3. The lowest BCUT2D eigenvalue weighted by Gasteiger charge is -2.12. The molecule has 2 amide bonds. The summed E-state index contributed by atoms with van der Waals surface area (Å²) in [6.07, 6.45) is -6.40. The van der Waals surface area contributed by atoms with Gasteiger partial charge < -0.3 is 15.2 Å². The Morgan fingerprint density at radius 1 is 1.38 bits per heavy atom. The van der Waals surface area contributed by atoms with Crippen LogP contribution in [0.5, 0.6) is 0 Å². The molecule has 16 heavy (non-hydrogen) atoms. The van der Waals surface area contributed by atoms with Gasteiger partial charge in [0.2, 0.25) is 0 Å². The van der Waals surface area contributed by atoms with Crippen molar-refractivity contribution in [2.24, 2.45) is 0 Å². The summed E-state index contributed by atoms with van der Waals surface area (Å²) >= 11 is 0. The van der Waals surface area contributed by atoms with Crippen LogP contribution in [-0.4, -0.2) is 42.2 Å². The summed E-state index contributed by atoms with van der Waals surface area (Å²) in [4.78, 5) is 30.5. The minimum atomic E-state index is -5.05. The van der Waals surface area contributed by atoms with Crippen LogP contribution in [0.4, 0.5) is 18.0 Å². The number of rotatable bonds is 5. The van der Waals surface area contributed by atoms with Crippen LogP contribution in [0.15, 0.2) is 0 Å². The quantitative estimate of drug-likeness (QED) is 0.366. The van der Waals surface area contributed by atoms with Gasteiger partial charge >= 0.3 is 18.2 Å². The van der Waals surface area contributed by atoms with E-state index in [1.54, 1.807) is 10.7 Å². The third-order valence-corrected chi connectivity index (χ3v) is 1.25. The molecule has 0 aliphatic rings. The molecule has 0 aromatic carbocycles. The van der Waals surface area contributed by atoms with E-state index in [9.17, 15) is 27.6 Å². The van der Waals surface area contributed by atoms with Crippen molar-refractivity contribution in [2.45, 2.75) is 12.2 Å². The Hall–Kier alpha value is -1.84. The zero-order chi connectivity index (χ0) is 12.8. The molecule has 92 valence electrons. The molecule has 0 bridgehead atoms. The van der Waals surface area contributed by atoms with E-state index in [4.69, 9.17) is 5.11 Å². The first kappa shape index (κ1) is 14.2. The summed E-state index contributed by atoms with van der Waals surface area (Å²) in [7, 11) is 0. The van der Waals surface area contributed by atoms with Crippen molar-refractivity contribution in [3.05, 3.63) is 0 Å². The second-order valence-corrected chi connectivity index (χ2v) is 2.52. The fraction of sp³-hybridized carbons (Fsp3) is 0.500. The summed E-state index contributed by atoms with van der Waals surface area (Å²) < 4.78 is 34.9. The molecule has 0 spiro atoms. The van der Waals surface area contributed by atoms with Crippen LogP contribution in [0.25, 0.3) is 0 Å². The molecule has 0 rings (SSSR count). The molecule has 0 aliphatic heterocycles. The first-order valence-electron chi connectivity index (χ1n) is 3.82. The number of carbonyl (C=O) groups excluding carboxylic acids is 2. The van der Waals surface area contributed by atoms with E-state index in [0.717, 1.165) is 0 Å². The number of carboxylic acid groups (broad SMARTS) is 1. The number of nitrogens with one attached hydrogen (secondary N) is 3. The van der Waals surface area contributed by atoms with Crippen LogP contribution in [-0.2, 0) is 9.59 Å². The van der Waals surface area contributed by atoms with Gasteiger partial charge in [-0.25, -0.2) is 10.2 Å². The van der Waals surface area contributed by atoms with Gasteiger partial charge in [0.05, 0.1) is 0 Å². The highest BCUT2D eigenvalue weighted by atomic mass is 19.4. The maximum absolute atomic E-state index is 11.6. The minimum Gasteiger partial charge on any atom is -0.465 e. The predicted molar refractivity (Wildman–Crippen MR) is 43.2 cm³/mol. The SMILES string of the molecule is O=CC(CNNC(=O)C(F)(F)F)NC(=O)O. The summed E-state index contributed by atoms with van der Waals surface area (Å²) in [6, 6.07) is -1.26. The van der Waals surface area contributed by atoms with Crippen LogP contribution in [0.2, 0.25) is 0 Å². The van der Waals surface area contributed by atoms with Gasteiger partial charge in [0, 0.05) is 6.54 Å². The third-order valence-electron chi connectivity index (χ3n) is 1.25. The van der Waals surface area contributed by atoms with Gasteiger partial charge in [-0.3, -0.25) is 10.2 Å². The number of amides is 2. The third kappa shape index (κ3) is 5.80. The number of alkyl halides is 3. The first-order chi connectivity index (χ1) is 7.27. The Morgan fingerprint density at radius 2 is 1.94 bits per heavy atom. The van der Waals surface area contributed by atoms with Gasteiger partial charge in [0.15, 0.2) is 0 Å². The average molecular weight is 243 g/mol. The minimum absolute atomic E-state index is 0.168. The molecule has 0 aliphatic carbocycles. The maximum atomic E-state index is 11.6. The Bertz CT molecular complexity index is 281. The molecule has 0 saturated carbocycles. The monoisotopic (exact) mass is 243 g/mol. The van der Waals surface area contributed by atoms with Gasteiger partial charge in [0.1, 0.15) is 12.3 Å². The molecule has 7 nitrogen and oxygen atoms in total. The molecule has 0 fully saturated rings. The number of hydrogen-bond donors (Lipinski definition) is 4. The normalized spacial score (nSPS) is 12.7. The Labute approximate surface area is 87.0 Å². The van der Waals surface area contributed by atoms with Crippen molar-refractivity contribution < 1.29 is 32.7 Å². The van der Waals surface area contributed by atoms with Gasteiger partial charge in [-0.15, -0.1) is 0 Å². The van der Waals surface area contributed by atoms with Crippen molar-refractivity contribution in [1.29, 1.82) is 0 Å². The van der Waals surface area contributed by atoms with E-state index >= 15 is 0 Å². The second-order valence-electron chi connectivity index (χ2n) is 2.52. The van der Waals surface area contributed by atoms with Crippen molar-refractivity contribution in [2.75, 3.05) is 6.54 Å². The highest BCUT2D eigenvalue weighted by molar-refractivity contribution is 5.81. The lowest BCUT2D eigenvalue weighted by atomic mass is 10.3. The number of aldehydes is 1. The molecular formula is C6H8F3N3O4. The Kier molecular flexibility index (Phi) is 5.22. The Balaban J connectivity index is 3.92. The van der Waals surface area contributed by atoms with E-state index < -0.39 is 30.8 Å². The summed E-state index contributed by atoms with van der Waals surface area (Å²) in [6.45, 7) is -0.502. The molecular weight excluding hydrogens is 235 g/mol. The predicted octanol–water partition coefficient (Wildman–Crippen LogP) is -0.995. The van der Waals surface area contributed by atoms with Crippen molar-refractivity contribution >= 4 is 18.3 Å². The van der Waals surface area contributed by atoms with Crippen LogP contribution in [0.1, 0.15) is 0 Å². The zero-order valence-corrected chi connectivity index (χ0v) is 7.67. The smallest absolute Gasteiger partial charge is 0.465 e. The second kappa shape index (κ2) is 5.90. The van der Waals surface area contributed by atoms with E-state index in [0.29, 0.717) is 0 Å². The fourth-order valence-corrected chi connectivity index (χ4v) is 0.604. The molecule has 10 heteroatoms. The molecule has 1 atom stereocenters. The summed E-state index contributed by atoms with van der Waals surface area (Å²) in [5.74, 6) is -2.24. The van der Waals surface area contributed by atoms with Crippen LogP contribution in [0, 0.1) is 0 Å². The van der Waals surface area contributed by atoms with E-state index in [2.05, 4.69) is 0 Å². The number of hydrogen-bond acceptors (Lipinski definition) is 4. The molecule has 1 unspecified atom stereocenters. The molecule has 0 aromatic heterocycles. The van der Waals surface area contributed by atoms with Gasteiger partial charge in [0.25, 0.3) is 0 Å². The average Bonchev–Trinajstić information content (AvgIpc) is 2.13.